The Hall–Kier alpha value is -1.28. The Bertz CT molecular complexity index is 454. The molecule has 0 radical (unpaired) electrons. The number of nitrogens with one attached hydrogen (secondary N) is 1. The summed E-state index contributed by atoms with van der Waals surface area (Å²) in [6, 6.07) is 7.68. The molecule has 110 valence electrons. The Labute approximate surface area is 127 Å². The van der Waals surface area contributed by atoms with Crippen molar-refractivity contribution in [1.29, 1.82) is 0 Å². The minimum absolute atomic E-state index is 0.0676. The summed E-state index contributed by atoms with van der Waals surface area (Å²) in [5.41, 5.74) is 0.858. The van der Waals surface area contributed by atoms with Crippen molar-refractivity contribution in [3.63, 3.8) is 0 Å². The van der Waals surface area contributed by atoms with Crippen LogP contribution < -0.4 is 5.32 Å². The van der Waals surface area contributed by atoms with E-state index in [0.717, 1.165) is 24.3 Å². The highest BCUT2D eigenvalue weighted by atomic mass is 35.5. The summed E-state index contributed by atoms with van der Waals surface area (Å²) in [7, 11) is 0. The van der Waals surface area contributed by atoms with Crippen LogP contribution in [0.1, 0.15) is 45.6 Å². The van der Waals surface area contributed by atoms with Gasteiger partial charge in [-0.2, -0.15) is 0 Å². The summed E-state index contributed by atoms with van der Waals surface area (Å²) in [5, 5.41) is 3.63. The van der Waals surface area contributed by atoms with Gasteiger partial charge in [-0.3, -0.25) is 4.79 Å². The van der Waals surface area contributed by atoms with Crippen molar-refractivity contribution in [2.45, 2.75) is 46.1 Å². The molecule has 0 saturated carbocycles. The van der Waals surface area contributed by atoms with Gasteiger partial charge in [-0.25, -0.2) is 0 Å². The van der Waals surface area contributed by atoms with Crippen LogP contribution in [0.25, 0.3) is 6.08 Å². The molecule has 1 atom stereocenters. The largest absolute Gasteiger partial charge is 0.350 e. The van der Waals surface area contributed by atoms with Crippen molar-refractivity contribution in [3.8, 4) is 0 Å². The minimum Gasteiger partial charge on any atom is -0.350 e. The molecule has 0 spiro atoms. The van der Waals surface area contributed by atoms with E-state index in [0.29, 0.717) is 5.02 Å². The Morgan fingerprint density at radius 2 is 1.95 bits per heavy atom. The highest BCUT2D eigenvalue weighted by Gasteiger charge is 2.05. The first kappa shape index (κ1) is 16.8. The van der Waals surface area contributed by atoms with Crippen LogP contribution in [0.4, 0.5) is 0 Å². The molecule has 1 aromatic rings. The molecule has 1 rings (SSSR count). The van der Waals surface area contributed by atoms with Crippen LogP contribution in [0.2, 0.25) is 5.02 Å². The molecule has 0 aromatic heterocycles. The number of amides is 1. The highest BCUT2D eigenvalue weighted by molar-refractivity contribution is 6.32. The Morgan fingerprint density at radius 1 is 1.25 bits per heavy atom. The van der Waals surface area contributed by atoms with Crippen molar-refractivity contribution in [2.24, 2.45) is 5.92 Å². The fraction of sp³-hybridized carbons (Fsp3) is 0.471. The standard InChI is InChI=1S/C17H24ClNO/c1-13(2)7-6-8-14(3)19-17(20)12-11-15-9-4-5-10-16(15)18/h4-5,9-14H,6-8H2,1-3H3,(H,19,20)/b12-11+. The topological polar surface area (TPSA) is 29.1 Å². The molecule has 0 saturated heterocycles. The zero-order valence-corrected chi connectivity index (χ0v) is 13.3. The summed E-state index contributed by atoms with van der Waals surface area (Å²) in [6.07, 6.45) is 6.66. The first-order valence-corrected chi connectivity index (χ1v) is 7.60. The third kappa shape index (κ3) is 6.76. The average Bonchev–Trinajstić information content (AvgIpc) is 2.37. The van der Waals surface area contributed by atoms with E-state index >= 15 is 0 Å². The van der Waals surface area contributed by atoms with E-state index in [-0.39, 0.29) is 11.9 Å². The van der Waals surface area contributed by atoms with Gasteiger partial charge in [0.2, 0.25) is 5.91 Å². The van der Waals surface area contributed by atoms with Crippen LogP contribution in [0, 0.1) is 5.92 Å². The number of carbonyl (C=O) groups excluding carboxylic acids is 1. The second kappa shape index (κ2) is 8.80. The van der Waals surface area contributed by atoms with E-state index in [1.165, 1.54) is 6.42 Å². The third-order valence-corrected chi connectivity index (χ3v) is 3.47. The Kier molecular flexibility index (Phi) is 7.38. The lowest BCUT2D eigenvalue weighted by Gasteiger charge is -2.13. The molecule has 20 heavy (non-hydrogen) atoms. The lowest BCUT2D eigenvalue weighted by molar-refractivity contribution is -0.117. The van der Waals surface area contributed by atoms with E-state index in [1.54, 1.807) is 12.2 Å². The fourth-order valence-electron chi connectivity index (χ4n) is 1.97. The van der Waals surface area contributed by atoms with Crippen molar-refractivity contribution in [1.82, 2.24) is 5.32 Å². The van der Waals surface area contributed by atoms with Gasteiger partial charge in [-0.15, -0.1) is 0 Å². The molecule has 1 amide bonds. The molecule has 0 bridgehead atoms. The number of halogens is 1. The molecule has 0 heterocycles. The molecule has 0 aliphatic heterocycles. The lowest BCUT2D eigenvalue weighted by Crippen LogP contribution is -2.31. The zero-order chi connectivity index (χ0) is 15.0. The van der Waals surface area contributed by atoms with Crippen LogP contribution >= 0.6 is 11.6 Å². The second-order valence-corrected chi connectivity index (χ2v) is 6.00. The van der Waals surface area contributed by atoms with E-state index in [1.807, 2.05) is 31.2 Å². The number of hydrogen-bond donors (Lipinski definition) is 1. The van der Waals surface area contributed by atoms with E-state index in [2.05, 4.69) is 19.2 Å². The monoisotopic (exact) mass is 293 g/mol. The summed E-state index contributed by atoms with van der Waals surface area (Å²) in [6.45, 7) is 6.48. The molecular weight excluding hydrogens is 270 g/mol. The number of carbonyl (C=O) groups is 1. The van der Waals surface area contributed by atoms with E-state index < -0.39 is 0 Å². The first-order valence-electron chi connectivity index (χ1n) is 7.22. The van der Waals surface area contributed by atoms with Gasteiger partial charge < -0.3 is 5.32 Å². The van der Waals surface area contributed by atoms with Gasteiger partial charge in [0.05, 0.1) is 0 Å². The van der Waals surface area contributed by atoms with Gasteiger partial charge in [0.25, 0.3) is 0 Å². The van der Waals surface area contributed by atoms with Crippen LogP contribution in [0.3, 0.4) is 0 Å². The normalized spacial score (nSPS) is 12.8. The van der Waals surface area contributed by atoms with Gasteiger partial charge in [0.1, 0.15) is 0 Å². The average molecular weight is 294 g/mol. The molecule has 2 nitrogen and oxygen atoms in total. The summed E-state index contributed by atoms with van der Waals surface area (Å²) in [4.78, 5) is 11.8. The summed E-state index contributed by atoms with van der Waals surface area (Å²) < 4.78 is 0. The molecule has 1 N–H and O–H groups in total. The zero-order valence-electron chi connectivity index (χ0n) is 12.5. The van der Waals surface area contributed by atoms with Crippen molar-refractivity contribution in [2.75, 3.05) is 0 Å². The maximum absolute atomic E-state index is 11.8. The van der Waals surface area contributed by atoms with Crippen LogP contribution in [0.5, 0.6) is 0 Å². The maximum atomic E-state index is 11.8. The summed E-state index contributed by atoms with van der Waals surface area (Å²) >= 11 is 6.03. The Balaban J connectivity index is 2.38. The van der Waals surface area contributed by atoms with E-state index in [9.17, 15) is 4.79 Å². The predicted molar refractivity (Wildman–Crippen MR) is 86.8 cm³/mol. The van der Waals surface area contributed by atoms with Crippen LogP contribution in [-0.4, -0.2) is 11.9 Å². The third-order valence-electron chi connectivity index (χ3n) is 3.13. The van der Waals surface area contributed by atoms with Gasteiger partial charge in [0, 0.05) is 17.1 Å². The molecular formula is C17H24ClNO. The Morgan fingerprint density at radius 3 is 2.60 bits per heavy atom. The van der Waals surface area contributed by atoms with Crippen LogP contribution in [-0.2, 0) is 4.79 Å². The van der Waals surface area contributed by atoms with Gasteiger partial charge in [-0.05, 0) is 37.0 Å². The lowest BCUT2D eigenvalue weighted by atomic mass is 10.0. The van der Waals surface area contributed by atoms with Gasteiger partial charge in [-0.1, -0.05) is 56.5 Å². The smallest absolute Gasteiger partial charge is 0.244 e. The van der Waals surface area contributed by atoms with Gasteiger partial charge in [0.15, 0.2) is 0 Å². The SMILES string of the molecule is CC(C)CCCC(C)NC(=O)/C=C/c1ccccc1Cl. The number of rotatable bonds is 7. The molecule has 0 aliphatic rings. The van der Waals surface area contributed by atoms with Crippen molar-refractivity contribution in [3.05, 3.63) is 40.9 Å². The quantitative estimate of drug-likeness (QED) is 0.726. The minimum atomic E-state index is -0.0676. The first-order chi connectivity index (χ1) is 9.49. The molecule has 1 aromatic carbocycles. The number of benzene rings is 1. The fourth-order valence-corrected chi connectivity index (χ4v) is 2.17. The molecule has 0 aliphatic carbocycles. The van der Waals surface area contributed by atoms with E-state index in [4.69, 9.17) is 11.6 Å². The molecule has 1 unspecified atom stereocenters. The van der Waals surface area contributed by atoms with Crippen molar-refractivity contribution >= 4 is 23.6 Å². The molecule has 3 heteroatoms. The highest BCUT2D eigenvalue weighted by Crippen LogP contribution is 2.16. The van der Waals surface area contributed by atoms with Crippen LogP contribution in [0.15, 0.2) is 30.3 Å². The maximum Gasteiger partial charge on any atom is 0.244 e. The molecule has 0 fully saturated rings. The van der Waals surface area contributed by atoms with Gasteiger partial charge >= 0.3 is 0 Å². The summed E-state index contributed by atoms with van der Waals surface area (Å²) in [5.74, 6) is 0.653. The van der Waals surface area contributed by atoms with Crippen molar-refractivity contribution < 1.29 is 4.79 Å². The number of hydrogen-bond acceptors (Lipinski definition) is 1. The predicted octanol–water partition coefficient (Wildman–Crippen LogP) is 4.68. The second-order valence-electron chi connectivity index (χ2n) is 5.59.